The van der Waals surface area contributed by atoms with E-state index in [0.29, 0.717) is 19.4 Å². The summed E-state index contributed by atoms with van der Waals surface area (Å²) in [4.78, 5) is 12.2. The maximum atomic E-state index is 13.3. The third kappa shape index (κ3) is 3.57. The number of aromatic nitrogens is 2. The highest BCUT2D eigenvalue weighted by atomic mass is 19.4. The van der Waals surface area contributed by atoms with Crippen LogP contribution in [0.25, 0.3) is 0 Å². The molecule has 3 rings (SSSR count). The quantitative estimate of drug-likeness (QED) is 0.476. The molecule has 0 amide bonds. The van der Waals surface area contributed by atoms with Gasteiger partial charge in [-0.1, -0.05) is 0 Å². The van der Waals surface area contributed by atoms with Crippen molar-refractivity contribution in [1.82, 2.24) is 9.78 Å². The van der Waals surface area contributed by atoms with Crippen LogP contribution in [-0.4, -0.2) is 27.8 Å². The summed E-state index contributed by atoms with van der Waals surface area (Å²) >= 11 is 0. The Morgan fingerprint density at radius 2 is 2.04 bits per heavy atom. The summed E-state index contributed by atoms with van der Waals surface area (Å²) in [5, 5.41) is 14.7. The Morgan fingerprint density at radius 1 is 1.28 bits per heavy atom. The van der Waals surface area contributed by atoms with E-state index < -0.39 is 22.6 Å². The van der Waals surface area contributed by atoms with Crippen molar-refractivity contribution < 1.29 is 22.5 Å². The molecule has 1 unspecified atom stereocenters. The molecule has 0 aliphatic carbocycles. The van der Waals surface area contributed by atoms with Crippen LogP contribution in [0.3, 0.4) is 0 Å². The molecule has 0 saturated carbocycles. The number of nitrogens with zero attached hydrogens (tertiary/aromatic N) is 4. The molecule has 134 valence electrons. The van der Waals surface area contributed by atoms with E-state index in [1.54, 1.807) is 4.90 Å². The lowest BCUT2D eigenvalue weighted by atomic mass is 10.0. The van der Waals surface area contributed by atoms with E-state index >= 15 is 0 Å². The minimum absolute atomic E-state index is 0.249. The van der Waals surface area contributed by atoms with Crippen LogP contribution >= 0.6 is 0 Å². The number of hydrogen-bond donors (Lipinski definition) is 0. The number of halogens is 4. The second-order valence-electron chi connectivity index (χ2n) is 5.81. The van der Waals surface area contributed by atoms with Crippen molar-refractivity contribution in [1.29, 1.82) is 0 Å². The van der Waals surface area contributed by atoms with Gasteiger partial charge in [-0.3, -0.25) is 14.8 Å². The summed E-state index contributed by atoms with van der Waals surface area (Å²) in [6.45, 7) is 0.752. The van der Waals surface area contributed by atoms with Crippen LogP contribution < -0.4 is 4.90 Å². The number of nitro benzene ring substituents is 1. The van der Waals surface area contributed by atoms with E-state index in [0.717, 1.165) is 18.2 Å². The number of anilines is 1. The van der Waals surface area contributed by atoms with Gasteiger partial charge in [0.2, 0.25) is 0 Å². The molecular formula is C15H14F4N4O2. The van der Waals surface area contributed by atoms with Crippen LogP contribution in [0.4, 0.5) is 28.9 Å². The second kappa shape index (κ2) is 6.34. The molecule has 1 atom stereocenters. The molecular weight excluding hydrogens is 344 g/mol. The lowest BCUT2D eigenvalue weighted by Gasteiger charge is -2.34. The van der Waals surface area contributed by atoms with E-state index in [2.05, 4.69) is 5.10 Å². The van der Waals surface area contributed by atoms with Gasteiger partial charge in [0.05, 0.1) is 17.0 Å². The van der Waals surface area contributed by atoms with Gasteiger partial charge in [0, 0.05) is 19.3 Å². The maximum Gasteiger partial charge on any atom is 0.435 e. The van der Waals surface area contributed by atoms with Crippen molar-refractivity contribution in [3.05, 3.63) is 52.1 Å². The summed E-state index contributed by atoms with van der Waals surface area (Å²) in [7, 11) is 0. The Balaban J connectivity index is 1.85. The number of benzene rings is 1. The molecule has 1 fully saturated rings. The molecule has 0 N–H and O–H groups in total. The largest absolute Gasteiger partial charge is 0.435 e. The number of alkyl halides is 3. The lowest BCUT2D eigenvalue weighted by Crippen LogP contribution is -2.37. The van der Waals surface area contributed by atoms with E-state index in [1.807, 2.05) is 0 Å². The van der Waals surface area contributed by atoms with Gasteiger partial charge >= 0.3 is 6.18 Å². The van der Waals surface area contributed by atoms with Gasteiger partial charge in [0.25, 0.3) is 5.69 Å². The van der Waals surface area contributed by atoms with Crippen LogP contribution in [0.5, 0.6) is 0 Å². The number of nitro groups is 1. The molecule has 0 spiro atoms. The summed E-state index contributed by atoms with van der Waals surface area (Å²) < 4.78 is 52.6. The first-order valence-electron chi connectivity index (χ1n) is 7.57. The van der Waals surface area contributed by atoms with Gasteiger partial charge in [0.15, 0.2) is 5.69 Å². The predicted octanol–water partition coefficient (Wildman–Crippen LogP) is 3.79. The third-order valence-electron chi connectivity index (χ3n) is 4.14. The lowest BCUT2D eigenvalue weighted by molar-refractivity contribution is -0.384. The fraction of sp³-hybridized carbons (Fsp3) is 0.400. The van der Waals surface area contributed by atoms with Crippen LogP contribution in [-0.2, 0) is 6.18 Å². The first kappa shape index (κ1) is 17.2. The standard InChI is InChI=1S/C15H14F4N4O2/c16-10-3-4-12(13(8-10)23(24)25)21-6-1-2-11(9-21)22-7-5-14(20-22)15(17,18)19/h3-5,7-8,11H,1-2,6,9H2. The van der Waals surface area contributed by atoms with Crippen molar-refractivity contribution in [2.75, 3.05) is 18.0 Å². The normalized spacial score (nSPS) is 18.4. The Bertz CT molecular complexity index is 790. The molecule has 0 bridgehead atoms. The van der Waals surface area contributed by atoms with Crippen molar-refractivity contribution in [3.63, 3.8) is 0 Å². The Labute approximate surface area is 139 Å². The monoisotopic (exact) mass is 358 g/mol. The molecule has 6 nitrogen and oxygen atoms in total. The second-order valence-corrected chi connectivity index (χ2v) is 5.81. The van der Waals surface area contributed by atoms with Crippen molar-refractivity contribution in [2.45, 2.75) is 25.1 Å². The van der Waals surface area contributed by atoms with Gasteiger partial charge in [0.1, 0.15) is 11.5 Å². The Kier molecular flexibility index (Phi) is 4.36. The van der Waals surface area contributed by atoms with Crippen LogP contribution in [0.1, 0.15) is 24.6 Å². The molecule has 1 aromatic carbocycles. The van der Waals surface area contributed by atoms with E-state index in [9.17, 15) is 27.7 Å². The fourth-order valence-electron chi connectivity index (χ4n) is 2.99. The summed E-state index contributed by atoms with van der Waals surface area (Å²) in [6, 6.07) is 3.84. The SMILES string of the molecule is O=[N+]([O-])c1cc(F)ccc1N1CCCC(n2ccc(C(F)(F)F)n2)C1. The molecule has 2 heterocycles. The van der Waals surface area contributed by atoms with Gasteiger partial charge < -0.3 is 4.90 Å². The summed E-state index contributed by atoms with van der Waals surface area (Å²) in [5.41, 5.74) is -1.09. The maximum absolute atomic E-state index is 13.3. The highest BCUT2D eigenvalue weighted by Crippen LogP contribution is 2.34. The van der Waals surface area contributed by atoms with Crippen LogP contribution in [0.2, 0.25) is 0 Å². The summed E-state index contributed by atoms with van der Waals surface area (Å²) in [5.74, 6) is -0.717. The molecule has 0 radical (unpaired) electrons. The molecule has 1 aliphatic rings. The molecule has 1 aromatic heterocycles. The predicted molar refractivity (Wildman–Crippen MR) is 80.8 cm³/mol. The highest BCUT2D eigenvalue weighted by molar-refractivity contribution is 5.63. The van der Waals surface area contributed by atoms with Crippen molar-refractivity contribution in [3.8, 4) is 0 Å². The Hall–Kier alpha value is -2.65. The molecule has 1 aliphatic heterocycles. The first-order valence-corrected chi connectivity index (χ1v) is 7.57. The zero-order valence-corrected chi connectivity index (χ0v) is 12.9. The zero-order valence-electron chi connectivity index (χ0n) is 12.9. The van der Waals surface area contributed by atoms with E-state index in [4.69, 9.17) is 0 Å². The third-order valence-corrected chi connectivity index (χ3v) is 4.14. The minimum Gasteiger partial charge on any atom is -0.364 e. The Morgan fingerprint density at radius 3 is 2.68 bits per heavy atom. The molecule has 2 aromatic rings. The summed E-state index contributed by atoms with van der Waals surface area (Å²) in [6.07, 6.45) is -2.03. The van der Waals surface area contributed by atoms with Gasteiger partial charge in [-0.25, -0.2) is 4.39 Å². The average molecular weight is 358 g/mol. The highest BCUT2D eigenvalue weighted by Gasteiger charge is 2.35. The number of hydrogen-bond acceptors (Lipinski definition) is 4. The van der Waals surface area contributed by atoms with E-state index in [1.165, 1.54) is 16.9 Å². The topological polar surface area (TPSA) is 64.2 Å². The van der Waals surface area contributed by atoms with Crippen LogP contribution in [0.15, 0.2) is 30.5 Å². The van der Waals surface area contributed by atoms with E-state index in [-0.39, 0.29) is 24.0 Å². The molecule has 1 saturated heterocycles. The fourth-order valence-corrected chi connectivity index (χ4v) is 2.99. The zero-order chi connectivity index (χ0) is 18.2. The number of rotatable bonds is 3. The molecule has 10 heteroatoms. The van der Waals surface area contributed by atoms with Crippen molar-refractivity contribution >= 4 is 11.4 Å². The average Bonchev–Trinajstić information content (AvgIpc) is 3.05. The first-order chi connectivity index (χ1) is 11.8. The number of piperidine rings is 1. The van der Waals surface area contributed by atoms with Gasteiger partial charge in [-0.15, -0.1) is 0 Å². The minimum atomic E-state index is -4.52. The molecule has 25 heavy (non-hydrogen) atoms. The van der Waals surface area contributed by atoms with Crippen molar-refractivity contribution in [2.24, 2.45) is 0 Å². The van der Waals surface area contributed by atoms with Gasteiger partial charge in [-0.05, 0) is 31.0 Å². The van der Waals surface area contributed by atoms with Crippen LogP contribution in [0, 0.1) is 15.9 Å². The smallest absolute Gasteiger partial charge is 0.364 e. The van der Waals surface area contributed by atoms with Gasteiger partial charge in [-0.2, -0.15) is 18.3 Å².